The number of carboxylic acids is 1. The molecule has 0 aliphatic rings. The lowest BCUT2D eigenvalue weighted by molar-refractivity contribution is -0.305. The molecule has 0 unspecified atom stereocenters. The molecule has 17 heavy (non-hydrogen) atoms. The topological polar surface area (TPSA) is 69.7 Å². The van der Waals surface area contributed by atoms with E-state index in [1.54, 1.807) is 0 Å². The Morgan fingerprint density at radius 2 is 1.71 bits per heavy atom. The third-order valence-electron chi connectivity index (χ3n) is 2.58. The van der Waals surface area contributed by atoms with E-state index in [-0.39, 0.29) is 18.8 Å². The zero-order chi connectivity index (χ0) is 13.1. The maximum Gasteiger partial charge on any atom is 0.305 e. The van der Waals surface area contributed by atoms with Gasteiger partial charge in [-0.1, -0.05) is 13.8 Å². The molecule has 0 saturated heterocycles. The van der Waals surface area contributed by atoms with E-state index >= 15 is 0 Å². The number of hydrogen-bond acceptors (Lipinski definition) is 5. The largest absolute Gasteiger partial charge is 0.550 e. The fraction of sp³-hybridized carbons (Fsp3) is 0.833. The number of ether oxygens (including phenoxy) is 1. The highest BCUT2D eigenvalue weighted by Crippen LogP contribution is 2.00. The van der Waals surface area contributed by atoms with Gasteiger partial charge in [-0.25, -0.2) is 0 Å². The summed E-state index contributed by atoms with van der Waals surface area (Å²) >= 11 is 0. The second kappa shape index (κ2) is 10.1. The van der Waals surface area contributed by atoms with Crippen LogP contribution in [-0.2, 0) is 14.3 Å². The van der Waals surface area contributed by atoms with Gasteiger partial charge < -0.3 is 19.5 Å². The highest BCUT2D eigenvalue weighted by atomic mass is 16.5. The Kier molecular flexibility index (Phi) is 9.43. The van der Waals surface area contributed by atoms with Crippen LogP contribution < -0.4 is 5.11 Å². The molecule has 5 heteroatoms. The average molecular weight is 244 g/mol. The van der Waals surface area contributed by atoms with Crippen molar-refractivity contribution in [3.05, 3.63) is 0 Å². The Bertz CT molecular complexity index is 227. The van der Waals surface area contributed by atoms with Gasteiger partial charge in [0.15, 0.2) is 0 Å². The molecule has 0 aromatic rings. The van der Waals surface area contributed by atoms with E-state index in [1.165, 1.54) is 0 Å². The molecule has 0 aliphatic heterocycles. The summed E-state index contributed by atoms with van der Waals surface area (Å²) in [5, 5.41) is 10.1. The molecule has 5 nitrogen and oxygen atoms in total. The van der Waals surface area contributed by atoms with Gasteiger partial charge in [-0.15, -0.1) is 0 Å². The third kappa shape index (κ3) is 9.81. The first kappa shape index (κ1) is 15.9. The fourth-order valence-corrected chi connectivity index (χ4v) is 1.44. The SMILES string of the molecule is CCN(CC)CCOC(=O)CCCCC(=O)[O-]. The number of aliphatic carboxylic acids is 1. The van der Waals surface area contributed by atoms with Crippen molar-refractivity contribution in [3.8, 4) is 0 Å². The number of esters is 1. The van der Waals surface area contributed by atoms with Crippen LogP contribution in [0, 0.1) is 0 Å². The molecule has 0 radical (unpaired) electrons. The van der Waals surface area contributed by atoms with Crippen LogP contribution in [-0.4, -0.2) is 43.1 Å². The van der Waals surface area contributed by atoms with E-state index in [2.05, 4.69) is 18.7 Å². The van der Waals surface area contributed by atoms with E-state index in [4.69, 9.17) is 4.74 Å². The minimum atomic E-state index is -1.07. The van der Waals surface area contributed by atoms with Gasteiger partial charge in [-0.05, 0) is 32.4 Å². The summed E-state index contributed by atoms with van der Waals surface area (Å²) in [5.41, 5.74) is 0. The minimum Gasteiger partial charge on any atom is -0.550 e. The summed E-state index contributed by atoms with van der Waals surface area (Å²) in [5.74, 6) is -1.32. The van der Waals surface area contributed by atoms with Crippen molar-refractivity contribution in [2.45, 2.75) is 39.5 Å². The highest BCUT2D eigenvalue weighted by molar-refractivity contribution is 5.69. The zero-order valence-electron chi connectivity index (χ0n) is 10.7. The first-order valence-electron chi connectivity index (χ1n) is 6.18. The lowest BCUT2D eigenvalue weighted by atomic mass is 10.2. The van der Waals surface area contributed by atoms with Crippen molar-refractivity contribution >= 4 is 11.9 Å². The molecule has 0 aromatic heterocycles. The summed E-state index contributed by atoms with van der Waals surface area (Å²) in [6.45, 7) is 7.16. The molecule has 0 rings (SSSR count). The number of carbonyl (C=O) groups is 2. The Balaban J connectivity index is 3.43. The number of carboxylic acid groups (broad SMARTS) is 1. The number of nitrogens with zero attached hydrogens (tertiary/aromatic N) is 1. The molecular weight excluding hydrogens is 222 g/mol. The van der Waals surface area contributed by atoms with Gasteiger partial charge in [-0.2, -0.15) is 0 Å². The van der Waals surface area contributed by atoms with E-state index in [0.29, 0.717) is 19.4 Å². The van der Waals surface area contributed by atoms with Crippen molar-refractivity contribution < 1.29 is 19.4 Å². The van der Waals surface area contributed by atoms with Gasteiger partial charge in [0, 0.05) is 18.9 Å². The van der Waals surface area contributed by atoms with Gasteiger partial charge in [0.1, 0.15) is 6.61 Å². The van der Waals surface area contributed by atoms with E-state index in [9.17, 15) is 14.7 Å². The van der Waals surface area contributed by atoms with E-state index < -0.39 is 5.97 Å². The van der Waals surface area contributed by atoms with Crippen molar-refractivity contribution in [2.24, 2.45) is 0 Å². The molecule has 0 fully saturated rings. The summed E-state index contributed by atoms with van der Waals surface area (Å²) < 4.78 is 5.04. The maximum atomic E-state index is 11.2. The Morgan fingerprint density at radius 1 is 1.12 bits per heavy atom. The van der Waals surface area contributed by atoms with Crippen LogP contribution in [0.15, 0.2) is 0 Å². The lowest BCUT2D eigenvalue weighted by Gasteiger charge is -2.17. The normalized spacial score (nSPS) is 10.5. The molecule has 0 aliphatic carbocycles. The molecule has 100 valence electrons. The van der Waals surface area contributed by atoms with Gasteiger partial charge in [0.2, 0.25) is 0 Å². The number of carbonyl (C=O) groups excluding carboxylic acids is 2. The molecule has 0 heterocycles. The van der Waals surface area contributed by atoms with Gasteiger partial charge in [0.25, 0.3) is 0 Å². The molecule has 0 spiro atoms. The molecular formula is C12H22NO4-. The molecule has 0 atom stereocenters. The van der Waals surface area contributed by atoms with Gasteiger partial charge >= 0.3 is 5.97 Å². The Labute approximate surface area is 103 Å². The van der Waals surface area contributed by atoms with Crippen LogP contribution in [0.25, 0.3) is 0 Å². The minimum absolute atomic E-state index is 0.00667. The summed E-state index contributed by atoms with van der Waals surface area (Å²) in [7, 11) is 0. The molecule has 0 aromatic carbocycles. The first-order valence-corrected chi connectivity index (χ1v) is 6.18. The zero-order valence-corrected chi connectivity index (χ0v) is 10.7. The second-order valence-corrected chi connectivity index (χ2v) is 3.83. The Morgan fingerprint density at radius 3 is 2.24 bits per heavy atom. The number of rotatable bonds is 10. The standard InChI is InChI=1S/C12H23NO4/c1-3-13(4-2)9-10-17-12(16)8-6-5-7-11(14)15/h3-10H2,1-2H3,(H,14,15)/p-1. The Hall–Kier alpha value is -1.10. The average Bonchev–Trinajstić information content (AvgIpc) is 2.30. The van der Waals surface area contributed by atoms with Crippen LogP contribution in [0.3, 0.4) is 0 Å². The molecule has 0 saturated carbocycles. The van der Waals surface area contributed by atoms with Crippen LogP contribution in [0.4, 0.5) is 0 Å². The fourth-order valence-electron chi connectivity index (χ4n) is 1.44. The number of hydrogen-bond donors (Lipinski definition) is 0. The van der Waals surface area contributed by atoms with Crippen LogP contribution in [0.1, 0.15) is 39.5 Å². The first-order chi connectivity index (χ1) is 8.10. The molecule has 0 bridgehead atoms. The van der Waals surface area contributed by atoms with Crippen LogP contribution in [0.5, 0.6) is 0 Å². The van der Waals surface area contributed by atoms with Gasteiger partial charge in [0.05, 0.1) is 0 Å². The van der Waals surface area contributed by atoms with Crippen LogP contribution in [0.2, 0.25) is 0 Å². The van der Waals surface area contributed by atoms with Crippen molar-refractivity contribution in [3.63, 3.8) is 0 Å². The van der Waals surface area contributed by atoms with Crippen molar-refractivity contribution in [2.75, 3.05) is 26.2 Å². The summed E-state index contributed by atoms with van der Waals surface area (Å²) in [4.78, 5) is 23.5. The third-order valence-corrected chi connectivity index (χ3v) is 2.58. The second-order valence-electron chi connectivity index (χ2n) is 3.83. The monoisotopic (exact) mass is 244 g/mol. The lowest BCUT2D eigenvalue weighted by Crippen LogP contribution is -2.27. The molecule has 0 N–H and O–H groups in total. The number of unbranched alkanes of at least 4 members (excludes halogenated alkanes) is 1. The van der Waals surface area contributed by atoms with E-state index in [0.717, 1.165) is 19.6 Å². The predicted octanol–water partition coefficient (Wildman–Crippen LogP) is 0.182. The molecule has 0 amide bonds. The smallest absolute Gasteiger partial charge is 0.305 e. The predicted molar refractivity (Wildman–Crippen MR) is 62.2 cm³/mol. The van der Waals surface area contributed by atoms with E-state index in [1.807, 2.05) is 0 Å². The maximum absolute atomic E-state index is 11.2. The number of likely N-dealkylation sites (N-methyl/N-ethyl adjacent to an activating group) is 1. The summed E-state index contributed by atoms with van der Waals surface area (Å²) in [6, 6.07) is 0. The van der Waals surface area contributed by atoms with Crippen molar-refractivity contribution in [1.29, 1.82) is 0 Å². The quantitative estimate of drug-likeness (QED) is 0.405. The van der Waals surface area contributed by atoms with Crippen LogP contribution >= 0.6 is 0 Å². The van der Waals surface area contributed by atoms with Gasteiger partial charge in [-0.3, -0.25) is 4.79 Å². The van der Waals surface area contributed by atoms with Crippen molar-refractivity contribution in [1.82, 2.24) is 4.90 Å². The summed E-state index contributed by atoms with van der Waals surface area (Å²) in [6.07, 6.45) is 1.30. The highest BCUT2D eigenvalue weighted by Gasteiger charge is 2.04.